The second-order valence-electron chi connectivity index (χ2n) is 6.08. The fourth-order valence-corrected chi connectivity index (χ4v) is 2.57. The summed E-state index contributed by atoms with van der Waals surface area (Å²) in [4.78, 5) is 27.8. The SMILES string of the molecule is O=C(NCC(O)c1c(F)cccc1F)C(=O)Nc1ccn(Cc2cccnc2)n1. The Morgan fingerprint density at radius 1 is 1.10 bits per heavy atom. The molecule has 150 valence electrons. The summed E-state index contributed by atoms with van der Waals surface area (Å²) in [5.41, 5.74) is 0.322. The molecule has 1 unspecified atom stereocenters. The third-order valence-electron chi connectivity index (χ3n) is 3.94. The van der Waals surface area contributed by atoms with Gasteiger partial charge < -0.3 is 15.7 Å². The molecule has 2 amide bonds. The molecule has 0 spiro atoms. The number of halogens is 2. The molecule has 0 fully saturated rings. The van der Waals surface area contributed by atoms with Crippen molar-refractivity contribution >= 4 is 17.6 Å². The number of benzene rings is 1. The second kappa shape index (κ2) is 9.02. The van der Waals surface area contributed by atoms with Crippen LogP contribution in [0.3, 0.4) is 0 Å². The average molecular weight is 401 g/mol. The van der Waals surface area contributed by atoms with E-state index in [2.05, 4.69) is 20.7 Å². The number of hydrogen-bond donors (Lipinski definition) is 3. The summed E-state index contributed by atoms with van der Waals surface area (Å²) in [7, 11) is 0. The lowest BCUT2D eigenvalue weighted by Crippen LogP contribution is -2.38. The molecule has 1 aromatic carbocycles. The Kier molecular flexibility index (Phi) is 6.25. The van der Waals surface area contributed by atoms with Crippen LogP contribution in [0.15, 0.2) is 55.0 Å². The van der Waals surface area contributed by atoms with Gasteiger partial charge in [-0.25, -0.2) is 8.78 Å². The Labute approximate surface area is 164 Å². The highest BCUT2D eigenvalue weighted by Gasteiger charge is 2.21. The number of pyridine rings is 1. The number of carbonyl (C=O) groups is 2. The van der Waals surface area contributed by atoms with Gasteiger partial charge in [0.2, 0.25) is 0 Å². The lowest BCUT2D eigenvalue weighted by atomic mass is 10.1. The van der Waals surface area contributed by atoms with Gasteiger partial charge in [-0.05, 0) is 23.8 Å². The molecule has 2 heterocycles. The first-order valence-electron chi connectivity index (χ1n) is 8.57. The summed E-state index contributed by atoms with van der Waals surface area (Å²) in [6.45, 7) is -0.115. The van der Waals surface area contributed by atoms with Crippen molar-refractivity contribution in [3.8, 4) is 0 Å². The normalized spacial score (nSPS) is 11.7. The first kappa shape index (κ1) is 20.1. The second-order valence-corrected chi connectivity index (χ2v) is 6.08. The van der Waals surface area contributed by atoms with Crippen LogP contribution in [0.1, 0.15) is 17.2 Å². The maximum absolute atomic E-state index is 13.6. The van der Waals surface area contributed by atoms with Crippen molar-refractivity contribution < 1.29 is 23.5 Å². The first-order chi connectivity index (χ1) is 13.9. The van der Waals surface area contributed by atoms with Crippen molar-refractivity contribution in [1.29, 1.82) is 0 Å². The topological polar surface area (TPSA) is 109 Å². The molecule has 2 aromatic heterocycles. The third-order valence-corrected chi connectivity index (χ3v) is 3.94. The average Bonchev–Trinajstić information content (AvgIpc) is 3.13. The van der Waals surface area contributed by atoms with Crippen LogP contribution in [0, 0.1) is 11.6 Å². The van der Waals surface area contributed by atoms with E-state index in [4.69, 9.17) is 0 Å². The van der Waals surface area contributed by atoms with Gasteiger partial charge in [0.05, 0.1) is 12.1 Å². The first-order valence-corrected chi connectivity index (χ1v) is 8.57. The van der Waals surface area contributed by atoms with Gasteiger partial charge in [0.25, 0.3) is 0 Å². The van der Waals surface area contributed by atoms with Crippen molar-refractivity contribution in [2.24, 2.45) is 0 Å². The van der Waals surface area contributed by atoms with Gasteiger partial charge in [0, 0.05) is 31.2 Å². The van der Waals surface area contributed by atoms with Gasteiger partial charge in [-0.1, -0.05) is 12.1 Å². The Hall–Kier alpha value is -3.66. The van der Waals surface area contributed by atoms with Gasteiger partial charge in [-0.15, -0.1) is 0 Å². The largest absolute Gasteiger partial charge is 0.386 e. The number of aromatic nitrogens is 3. The van der Waals surface area contributed by atoms with Gasteiger partial charge in [-0.2, -0.15) is 5.10 Å². The molecule has 3 N–H and O–H groups in total. The molecule has 10 heteroatoms. The number of nitrogens with one attached hydrogen (secondary N) is 2. The van der Waals surface area contributed by atoms with E-state index in [0.717, 1.165) is 23.8 Å². The van der Waals surface area contributed by atoms with E-state index < -0.39 is 41.7 Å². The number of rotatable bonds is 6. The van der Waals surface area contributed by atoms with E-state index in [9.17, 15) is 23.5 Å². The zero-order chi connectivity index (χ0) is 20.8. The van der Waals surface area contributed by atoms with E-state index >= 15 is 0 Å². The third kappa shape index (κ3) is 5.20. The maximum atomic E-state index is 13.6. The molecule has 0 radical (unpaired) electrons. The highest BCUT2D eigenvalue weighted by Crippen LogP contribution is 2.19. The number of anilines is 1. The summed E-state index contributed by atoms with van der Waals surface area (Å²) in [6.07, 6.45) is 3.29. The van der Waals surface area contributed by atoms with Crippen molar-refractivity contribution in [2.45, 2.75) is 12.6 Å². The molecular weight excluding hydrogens is 384 g/mol. The van der Waals surface area contributed by atoms with Crippen LogP contribution in [-0.2, 0) is 16.1 Å². The molecule has 1 atom stereocenters. The zero-order valence-electron chi connectivity index (χ0n) is 15.0. The maximum Gasteiger partial charge on any atom is 0.314 e. The lowest BCUT2D eigenvalue weighted by Gasteiger charge is -2.13. The quantitative estimate of drug-likeness (QED) is 0.541. The van der Waals surface area contributed by atoms with Crippen molar-refractivity contribution in [2.75, 3.05) is 11.9 Å². The monoisotopic (exact) mass is 401 g/mol. The summed E-state index contributed by atoms with van der Waals surface area (Å²) in [6, 6.07) is 8.28. The smallest absolute Gasteiger partial charge is 0.314 e. The molecule has 3 aromatic rings. The van der Waals surface area contributed by atoms with Crippen molar-refractivity contribution in [1.82, 2.24) is 20.1 Å². The number of carbonyl (C=O) groups excluding carboxylic acids is 2. The molecule has 0 saturated heterocycles. The summed E-state index contributed by atoms with van der Waals surface area (Å²) in [5.74, 6) is -3.86. The zero-order valence-corrected chi connectivity index (χ0v) is 15.0. The fourth-order valence-electron chi connectivity index (χ4n) is 2.57. The Morgan fingerprint density at radius 3 is 2.55 bits per heavy atom. The minimum absolute atomic E-state index is 0.148. The standard InChI is InChI=1S/C19H17F2N5O3/c20-13-4-1-5-14(21)17(13)15(27)10-23-18(28)19(29)24-16-6-8-26(25-16)11-12-3-2-7-22-9-12/h1-9,15,27H,10-11H2,(H,23,28)(H,24,25,29). The van der Waals surface area contributed by atoms with E-state index in [1.807, 2.05) is 6.07 Å². The van der Waals surface area contributed by atoms with Gasteiger partial charge in [0.15, 0.2) is 5.82 Å². The van der Waals surface area contributed by atoms with Gasteiger partial charge in [-0.3, -0.25) is 19.3 Å². The summed E-state index contributed by atoms with van der Waals surface area (Å²) in [5, 5.41) is 18.5. The minimum atomic E-state index is -1.65. The molecule has 0 aliphatic heterocycles. The molecule has 8 nitrogen and oxygen atoms in total. The summed E-state index contributed by atoms with van der Waals surface area (Å²) < 4.78 is 28.8. The highest BCUT2D eigenvalue weighted by molar-refractivity contribution is 6.39. The Morgan fingerprint density at radius 2 is 1.86 bits per heavy atom. The summed E-state index contributed by atoms with van der Waals surface area (Å²) >= 11 is 0. The van der Waals surface area contributed by atoms with E-state index in [-0.39, 0.29) is 5.82 Å². The van der Waals surface area contributed by atoms with Crippen molar-refractivity contribution in [3.05, 3.63) is 77.8 Å². The fraction of sp³-hybridized carbons (Fsp3) is 0.158. The van der Waals surface area contributed by atoms with Crippen LogP contribution in [0.2, 0.25) is 0 Å². The van der Waals surface area contributed by atoms with Gasteiger partial charge in [0.1, 0.15) is 17.7 Å². The van der Waals surface area contributed by atoms with Crippen LogP contribution in [-0.4, -0.2) is 38.2 Å². The van der Waals surface area contributed by atoms with Crippen molar-refractivity contribution in [3.63, 3.8) is 0 Å². The number of nitrogens with zero attached hydrogens (tertiary/aromatic N) is 3. The number of amides is 2. The van der Waals surface area contributed by atoms with Crippen LogP contribution >= 0.6 is 0 Å². The highest BCUT2D eigenvalue weighted by atomic mass is 19.1. The van der Waals surface area contributed by atoms with E-state index in [1.54, 1.807) is 29.3 Å². The molecule has 29 heavy (non-hydrogen) atoms. The van der Waals surface area contributed by atoms with Crippen LogP contribution in [0.25, 0.3) is 0 Å². The molecular formula is C19H17F2N5O3. The number of aliphatic hydroxyl groups is 1. The van der Waals surface area contributed by atoms with Crippen LogP contribution < -0.4 is 10.6 Å². The predicted octanol–water partition coefficient (Wildman–Crippen LogP) is 1.39. The lowest BCUT2D eigenvalue weighted by molar-refractivity contribution is -0.136. The van der Waals surface area contributed by atoms with Crippen LogP contribution in [0.5, 0.6) is 0 Å². The predicted molar refractivity (Wildman–Crippen MR) is 98.5 cm³/mol. The number of hydrogen-bond acceptors (Lipinski definition) is 5. The molecule has 0 bridgehead atoms. The molecule has 0 aliphatic rings. The molecule has 0 aliphatic carbocycles. The van der Waals surface area contributed by atoms with E-state index in [0.29, 0.717) is 6.54 Å². The van der Waals surface area contributed by atoms with Gasteiger partial charge >= 0.3 is 11.8 Å². The minimum Gasteiger partial charge on any atom is -0.386 e. The Balaban J connectivity index is 1.52. The van der Waals surface area contributed by atoms with Crippen LogP contribution in [0.4, 0.5) is 14.6 Å². The molecule has 0 saturated carbocycles. The number of aliphatic hydroxyl groups excluding tert-OH is 1. The Bertz CT molecular complexity index is 990. The molecule has 3 rings (SSSR count). The van der Waals surface area contributed by atoms with E-state index in [1.165, 1.54) is 6.07 Å².